The number of para-hydroxylation sites is 1. The summed E-state index contributed by atoms with van der Waals surface area (Å²) in [7, 11) is 7.53. The number of benzene rings is 1. The first-order valence-corrected chi connectivity index (χ1v) is 6.74. The van der Waals surface area contributed by atoms with Crippen molar-refractivity contribution in [1.82, 2.24) is 5.32 Å². The summed E-state index contributed by atoms with van der Waals surface area (Å²) < 4.78 is 0.457. The fourth-order valence-electron chi connectivity index (χ4n) is 1.97. The third kappa shape index (κ3) is 4.06. The maximum atomic E-state index is 12.1. The number of hydrogen-bond donors (Lipinski definition) is 2. The molecule has 1 aromatic rings. The van der Waals surface area contributed by atoms with Gasteiger partial charge in [0, 0.05) is 12.7 Å². The predicted molar refractivity (Wildman–Crippen MR) is 84.1 cm³/mol. The molecular weight excluding hydrogens is 252 g/mol. The number of aryl methyl sites for hydroxylation is 2. The Balaban J connectivity index is 2.87. The maximum absolute atomic E-state index is 12.1. The first-order chi connectivity index (χ1) is 9.29. The van der Waals surface area contributed by atoms with E-state index in [-0.39, 0.29) is 6.03 Å². The van der Waals surface area contributed by atoms with Gasteiger partial charge in [0.05, 0.1) is 21.1 Å². The number of carbonyl (C=O) groups is 1. The Morgan fingerprint density at radius 3 is 2.45 bits per heavy atom. The normalized spacial score (nSPS) is 12.2. The monoisotopic (exact) mass is 277 g/mol. The van der Waals surface area contributed by atoms with Crippen LogP contribution in [0.1, 0.15) is 18.1 Å². The topological polar surface area (TPSA) is 53.5 Å². The molecule has 0 aliphatic heterocycles. The Labute approximate surface area is 121 Å². The van der Waals surface area contributed by atoms with E-state index in [2.05, 4.69) is 22.5 Å². The minimum atomic E-state index is -0.261. The van der Waals surface area contributed by atoms with Gasteiger partial charge in [-0.05, 0) is 24.5 Å². The lowest BCUT2D eigenvalue weighted by Gasteiger charge is -2.24. The molecule has 0 fully saturated rings. The van der Waals surface area contributed by atoms with Crippen molar-refractivity contribution in [3.63, 3.8) is 0 Å². The first kappa shape index (κ1) is 16.2. The molecule has 0 saturated carbocycles. The Bertz CT molecular complexity index is 515. The molecule has 5 heteroatoms. The van der Waals surface area contributed by atoms with Crippen LogP contribution in [0.2, 0.25) is 0 Å². The molecule has 0 heterocycles. The van der Waals surface area contributed by atoms with Crippen LogP contribution in [0, 0.1) is 6.92 Å². The fourth-order valence-corrected chi connectivity index (χ4v) is 1.97. The van der Waals surface area contributed by atoms with E-state index in [0.29, 0.717) is 10.4 Å². The highest BCUT2D eigenvalue weighted by atomic mass is 16.2. The Morgan fingerprint density at radius 2 is 1.95 bits per heavy atom. The van der Waals surface area contributed by atoms with E-state index in [0.717, 1.165) is 23.2 Å². The lowest BCUT2D eigenvalue weighted by Crippen LogP contribution is -2.52. The van der Waals surface area contributed by atoms with Crippen molar-refractivity contribution < 1.29 is 9.28 Å². The number of nitrogens with one attached hydrogen (secondary N) is 2. The van der Waals surface area contributed by atoms with E-state index >= 15 is 0 Å². The Morgan fingerprint density at radius 1 is 1.30 bits per heavy atom. The summed E-state index contributed by atoms with van der Waals surface area (Å²) in [4.78, 5) is 16.3. The van der Waals surface area contributed by atoms with Crippen molar-refractivity contribution in [3.05, 3.63) is 29.3 Å². The van der Waals surface area contributed by atoms with Crippen molar-refractivity contribution >= 4 is 17.7 Å². The number of anilines is 1. The van der Waals surface area contributed by atoms with E-state index in [1.165, 1.54) is 0 Å². The van der Waals surface area contributed by atoms with Crippen LogP contribution < -0.4 is 10.6 Å². The van der Waals surface area contributed by atoms with E-state index < -0.39 is 0 Å². The average molecular weight is 277 g/mol. The van der Waals surface area contributed by atoms with Crippen LogP contribution in [-0.2, 0) is 6.42 Å². The molecule has 110 valence electrons. The summed E-state index contributed by atoms with van der Waals surface area (Å²) in [6.45, 7) is 4.06. The predicted octanol–water partition coefficient (Wildman–Crippen LogP) is 2.37. The quantitative estimate of drug-likeness (QED) is 0.487. The van der Waals surface area contributed by atoms with Crippen molar-refractivity contribution in [2.45, 2.75) is 20.3 Å². The number of aliphatic imine (C=N–C) groups is 1. The van der Waals surface area contributed by atoms with Gasteiger partial charge in [-0.25, -0.2) is 15.1 Å². The molecule has 0 spiro atoms. The zero-order valence-corrected chi connectivity index (χ0v) is 13.2. The van der Waals surface area contributed by atoms with Crippen molar-refractivity contribution in [1.29, 1.82) is 0 Å². The van der Waals surface area contributed by atoms with Gasteiger partial charge in [-0.2, -0.15) is 0 Å². The van der Waals surface area contributed by atoms with E-state index in [9.17, 15) is 4.79 Å². The SMILES string of the molecule is CCc1cccc(C)c1NC(=O)NC(=NC)[N+](C)(C)C. The van der Waals surface area contributed by atoms with Gasteiger partial charge < -0.3 is 5.32 Å². The highest BCUT2D eigenvalue weighted by molar-refractivity contribution is 6.01. The van der Waals surface area contributed by atoms with E-state index in [1.54, 1.807) is 7.05 Å². The van der Waals surface area contributed by atoms with Crippen LogP contribution >= 0.6 is 0 Å². The third-order valence-electron chi connectivity index (χ3n) is 3.05. The molecule has 5 nitrogen and oxygen atoms in total. The smallest absolute Gasteiger partial charge is 0.307 e. The summed E-state index contributed by atoms with van der Waals surface area (Å²) >= 11 is 0. The van der Waals surface area contributed by atoms with Gasteiger partial charge in [-0.3, -0.25) is 4.48 Å². The second-order valence-corrected chi connectivity index (χ2v) is 5.60. The van der Waals surface area contributed by atoms with Crippen molar-refractivity contribution in [2.24, 2.45) is 4.99 Å². The number of carbonyl (C=O) groups excluding carboxylic acids is 1. The summed E-state index contributed by atoms with van der Waals surface area (Å²) in [5, 5.41) is 5.73. The molecule has 0 unspecified atom stereocenters. The molecular formula is C15H25N4O+. The maximum Gasteiger partial charge on any atom is 0.328 e. The van der Waals surface area contributed by atoms with Gasteiger partial charge in [0.25, 0.3) is 0 Å². The van der Waals surface area contributed by atoms with E-state index in [1.807, 2.05) is 46.3 Å². The highest BCUT2D eigenvalue weighted by Crippen LogP contribution is 2.20. The molecule has 0 radical (unpaired) electrons. The number of amides is 2. The molecule has 0 aliphatic carbocycles. The average Bonchev–Trinajstić information content (AvgIpc) is 2.37. The second-order valence-electron chi connectivity index (χ2n) is 5.60. The summed E-state index contributed by atoms with van der Waals surface area (Å²) in [6, 6.07) is 5.76. The Hall–Kier alpha value is -1.88. The number of guanidine groups is 1. The van der Waals surface area contributed by atoms with Gasteiger partial charge >= 0.3 is 12.0 Å². The third-order valence-corrected chi connectivity index (χ3v) is 3.05. The van der Waals surface area contributed by atoms with Gasteiger partial charge in [0.15, 0.2) is 0 Å². The molecule has 0 atom stereocenters. The number of rotatable bonds is 2. The molecule has 0 saturated heterocycles. The highest BCUT2D eigenvalue weighted by Gasteiger charge is 2.20. The zero-order chi connectivity index (χ0) is 15.3. The second kappa shape index (κ2) is 6.52. The first-order valence-electron chi connectivity index (χ1n) is 6.74. The summed E-state index contributed by atoms with van der Waals surface area (Å²) in [5.41, 5.74) is 3.06. The van der Waals surface area contributed by atoms with Crippen LogP contribution in [-0.4, -0.2) is 44.7 Å². The summed E-state index contributed by atoms with van der Waals surface area (Å²) in [6.07, 6.45) is 0.876. The van der Waals surface area contributed by atoms with Gasteiger partial charge in [0.1, 0.15) is 0 Å². The minimum Gasteiger partial charge on any atom is -0.307 e. The Kier molecular flexibility index (Phi) is 5.27. The number of quaternary nitrogens is 1. The van der Waals surface area contributed by atoms with Crippen LogP contribution in [0.25, 0.3) is 0 Å². The molecule has 2 N–H and O–H groups in total. The van der Waals surface area contributed by atoms with Gasteiger partial charge in [-0.15, -0.1) is 0 Å². The van der Waals surface area contributed by atoms with Crippen LogP contribution in [0.3, 0.4) is 0 Å². The summed E-state index contributed by atoms with van der Waals surface area (Å²) in [5.74, 6) is 0.606. The lowest BCUT2D eigenvalue weighted by atomic mass is 10.1. The zero-order valence-electron chi connectivity index (χ0n) is 13.2. The van der Waals surface area contributed by atoms with Gasteiger partial charge in [0.2, 0.25) is 0 Å². The van der Waals surface area contributed by atoms with Crippen molar-refractivity contribution in [2.75, 3.05) is 33.5 Å². The van der Waals surface area contributed by atoms with E-state index in [4.69, 9.17) is 0 Å². The van der Waals surface area contributed by atoms with Crippen LogP contribution in [0.15, 0.2) is 23.2 Å². The largest absolute Gasteiger partial charge is 0.328 e. The molecule has 1 rings (SSSR count). The molecule has 1 aromatic carbocycles. The number of hydrogen-bond acceptors (Lipinski definition) is 2. The number of nitrogens with zero attached hydrogens (tertiary/aromatic N) is 2. The molecule has 2 amide bonds. The minimum absolute atomic E-state index is 0.261. The van der Waals surface area contributed by atoms with Crippen LogP contribution in [0.4, 0.5) is 10.5 Å². The fraction of sp³-hybridized carbons (Fsp3) is 0.467. The molecule has 0 aromatic heterocycles. The molecule has 20 heavy (non-hydrogen) atoms. The molecule has 0 bridgehead atoms. The molecule has 0 aliphatic rings. The van der Waals surface area contributed by atoms with Crippen LogP contribution in [0.5, 0.6) is 0 Å². The number of urea groups is 1. The van der Waals surface area contributed by atoms with Crippen molar-refractivity contribution in [3.8, 4) is 0 Å². The standard InChI is InChI=1S/C15H24N4O/c1-7-12-10-8-9-11(2)13(12)17-15(20)18-14(16-3)19(4,5)6/h8-10H,7H2,1-6H3,(H-,16,17,18,20)/p+1. The van der Waals surface area contributed by atoms with Gasteiger partial charge in [-0.1, -0.05) is 25.1 Å². The lowest BCUT2D eigenvalue weighted by molar-refractivity contribution is -0.779.